The number of hydrogen-bond donors (Lipinski definition) is 2. The quantitative estimate of drug-likeness (QED) is 0.809. The van der Waals surface area contributed by atoms with E-state index in [-0.39, 0.29) is 19.1 Å². The lowest BCUT2D eigenvalue weighted by atomic mass is 10.0. The van der Waals surface area contributed by atoms with Gasteiger partial charge in [-0.05, 0) is 5.56 Å². The predicted molar refractivity (Wildman–Crippen MR) is 68.4 cm³/mol. The van der Waals surface area contributed by atoms with Gasteiger partial charge >= 0.3 is 0 Å². The van der Waals surface area contributed by atoms with Crippen molar-refractivity contribution in [3.63, 3.8) is 0 Å². The molecule has 98 valence electrons. The summed E-state index contributed by atoms with van der Waals surface area (Å²) in [6.07, 6.45) is 0.533. The molecule has 1 aliphatic rings. The first-order chi connectivity index (χ1) is 8.61. The Kier molecular flexibility index (Phi) is 4.22. The Hall–Kier alpha value is -1.10. The highest BCUT2D eigenvalue weighted by Gasteiger charge is 2.33. The van der Waals surface area contributed by atoms with Gasteiger partial charge in [-0.25, -0.2) is 0 Å². The van der Waals surface area contributed by atoms with Crippen molar-refractivity contribution in [3.05, 3.63) is 35.9 Å². The van der Waals surface area contributed by atoms with Crippen LogP contribution in [0.5, 0.6) is 0 Å². The topological polar surface area (TPSA) is 58.6 Å². The summed E-state index contributed by atoms with van der Waals surface area (Å²) >= 11 is 6.06. The minimum absolute atomic E-state index is 0.169. The average Bonchev–Trinajstić information content (AvgIpc) is 2.83. The lowest BCUT2D eigenvalue weighted by Gasteiger charge is -2.21. The molecular formula is C13H16ClNO3. The first-order valence-corrected chi connectivity index (χ1v) is 6.31. The molecule has 18 heavy (non-hydrogen) atoms. The summed E-state index contributed by atoms with van der Waals surface area (Å²) in [5.41, 5.74) is -0.213. The van der Waals surface area contributed by atoms with Gasteiger partial charge in [0.05, 0.1) is 6.61 Å². The summed E-state index contributed by atoms with van der Waals surface area (Å²) in [6.45, 7) is 0.947. The Balaban J connectivity index is 1.88. The van der Waals surface area contributed by atoms with E-state index < -0.39 is 11.0 Å². The molecule has 2 N–H and O–H groups in total. The lowest BCUT2D eigenvalue weighted by Crippen LogP contribution is -2.44. The molecule has 2 atom stereocenters. The Morgan fingerprint density at radius 3 is 2.83 bits per heavy atom. The van der Waals surface area contributed by atoms with Crippen molar-refractivity contribution in [1.29, 1.82) is 0 Å². The number of nitrogens with one attached hydrogen (secondary N) is 1. The SMILES string of the molecule is O=C(NCC1(O)CCOC1)C(Cl)c1ccccc1. The predicted octanol–water partition coefficient (Wildman–Crippen LogP) is 1.23. The molecule has 1 heterocycles. The van der Waals surface area contributed by atoms with E-state index in [4.69, 9.17) is 16.3 Å². The number of alkyl halides is 1. The lowest BCUT2D eigenvalue weighted by molar-refractivity contribution is -0.122. The second-order valence-electron chi connectivity index (χ2n) is 4.52. The van der Waals surface area contributed by atoms with Crippen LogP contribution >= 0.6 is 11.6 Å². The fourth-order valence-electron chi connectivity index (χ4n) is 1.85. The van der Waals surface area contributed by atoms with Gasteiger partial charge in [-0.2, -0.15) is 0 Å². The molecule has 0 aromatic heterocycles. The Bertz CT molecular complexity index is 404. The number of ether oxygens (including phenoxy) is 1. The van der Waals surface area contributed by atoms with Gasteiger partial charge < -0.3 is 15.2 Å². The maximum absolute atomic E-state index is 11.8. The van der Waals surface area contributed by atoms with E-state index in [1.165, 1.54) is 0 Å². The van der Waals surface area contributed by atoms with E-state index in [2.05, 4.69) is 5.32 Å². The van der Waals surface area contributed by atoms with Crippen LogP contribution < -0.4 is 5.32 Å². The third-order valence-electron chi connectivity index (χ3n) is 3.00. The second-order valence-corrected chi connectivity index (χ2v) is 4.95. The number of amides is 1. The number of carbonyl (C=O) groups is 1. The number of carbonyl (C=O) groups excluding carboxylic acids is 1. The highest BCUT2D eigenvalue weighted by molar-refractivity contribution is 6.30. The number of rotatable bonds is 4. The van der Waals surface area contributed by atoms with Crippen LogP contribution in [0.4, 0.5) is 0 Å². The molecular weight excluding hydrogens is 254 g/mol. The molecule has 0 bridgehead atoms. The summed E-state index contributed by atoms with van der Waals surface area (Å²) in [5, 5.41) is 11.9. The van der Waals surface area contributed by atoms with Crippen molar-refractivity contribution < 1.29 is 14.6 Å². The van der Waals surface area contributed by atoms with Crippen molar-refractivity contribution in [3.8, 4) is 0 Å². The zero-order valence-corrected chi connectivity index (χ0v) is 10.7. The van der Waals surface area contributed by atoms with Gasteiger partial charge in [-0.3, -0.25) is 4.79 Å². The summed E-state index contributed by atoms with van der Waals surface area (Å²) in [7, 11) is 0. The molecule has 0 aliphatic carbocycles. The molecule has 1 aliphatic heterocycles. The molecule has 2 unspecified atom stereocenters. The fourth-order valence-corrected chi connectivity index (χ4v) is 2.07. The van der Waals surface area contributed by atoms with E-state index in [1.54, 1.807) is 12.1 Å². The van der Waals surface area contributed by atoms with Crippen LogP contribution in [0.25, 0.3) is 0 Å². The van der Waals surface area contributed by atoms with Crippen LogP contribution in [0.1, 0.15) is 17.4 Å². The smallest absolute Gasteiger partial charge is 0.242 e. The molecule has 4 nitrogen and oxygen atoms in total. The monoisotopic (exact) mass is 269 g/mol. The maximum Gasteiger partial charge on any atom is 0.242 e. The van der Waals surface area contributed by atoms with Crippen molar-refractivity contribution in [1.82, 2.24) is 5.32 Å². The molecule has 1 amide bonds. The highest BCUT2D eigenvalue weighted by atomic mass is 35.5. The van der Waals surface area contributed by atoms with Gasteiger partial charge in [0, 0.05) is 19.6 Å². The zero-order chi connectivity index (χ0) is 13.0. The number of hydrogen-bond acceptors (Lipinski definition) is 3. The van der Waals surface area contributed by atoms with Gasteiger partial charge in [0.1, 0.15) is 11.0 Å². The fraction of sp³-hybridized carbons (Fsp3) is 0.462. The van der Waals surface area contributed by atoms with Crippen molar-refractivity contribution >= 4 is 17.5 Å². The molecule has 0 spiro atoms. The van der Waals surface area contributed by atoms with Crippen molar-refractivity contribution in [2.75, 3.05) is 19.8 Å². The van der Waals surface area contributed by atoms with E-state index >= 15 is 0 Å². The van der Waals surface area contributed by atoms with E-state index in [0.717, 1.165) is 5.56 Å². The molecule has 0 radical (unpaired) electrons. The third kappa shape index (κ3) is 3.22. The largest absolute Gasteiger partial charge is 0.386 e. The van der Waals surface area contributed by atoms with Gasteiger partial charge in [-0.15, -0.1) is 11.6 Å². The molecule has 1 fully saturated rings. The second kappa shape index (κ2) is 5.69. The van der Waals surface area contributed by atoms with Crippen LogP contribution in [0, 0.1) is 0 Å². The van der Waals surface area contributed by atoms with E-state index in [9.17, 15) is 9.90 Å². The van der Waals surface area contributed by atoms with Gasteiger partial charge in [0.15, 0.2) is 0 Å². The minimum atomic E-state index is -0.955. The highest BCUT2D eigenvalue weighted by Crippen LogP contribution is 2.21. The summed E-state index contributed by atoms with van der Waals surface area (Å²) in [6, 6.07) is 9.12. The van der Waals surface area contributed by atoms with E-state index in [1.807, 2.05) is 18.2 Å². The third-order valence-corrected chi connectivity index (χ3v) is 3.45. The van der Waals surface area contributed by atoms with Gasteiger partial charge in [-0.1, -0.05) is 30.3 Å². The summed E-state index contributed by atoms with van der Waals surface area (Å²) in [5.74, 6) is -0.303. The zero-order valence-electron chi connectivity index (χ0n) is 9.93. The molecule has 1 aromatic rings. The number of aliphatic hydroxyl groups is 1. The van der Waals surface area contributed by atoms with E-state index in [0.29, 0.717) is 13.0 Å². The molecule has 1 aromatic carbocycles. The molecule has 0 saturated carbocycles. The Labute approximate surface area is 111 Å². The standard InChI is InChI=1S/C13H16ClNO3/c14-11(10-4-2-1-3-5-10)12(16)15-8-13(17)6-7-18-9-13/h1-5,11,17H,6-9H2,(H,15,16). The number of halogens is 1. The van der Waals surface area contributed by atoms with Gasteiger partial charge in [0.25, 0.3) is 0 Å². The van der Waals surface area contributed by atoms with Crippen LogP contribution in [0.2, 0.25) is 0 Å². The van der Waals surface area contributed by atoms with Crippen LogP contribution in [-0.4, -0.2) is 36.4 Å². The Morgan fingerprint density at radius 1 is 1.50 bits per heavy atom. The number of benzene rings is 1. The average molecular weight is 270 g/mol. The van der Waals surface area contributed by atoms with Crippen molar-refractivity contribution in [2.45, 2.75) is 17.4 Å². The van der Waals surface area contributed by atoms with Crippen LogP contribution in [0.15, 0.2) is 30.3 Å². The van der Waals surface area contributed by atoms with Crippen molar-refractivity contribution in [2.24, 2.45) is 0 Å². The summed E-state index contributed by atoms with van der Waals surface area (Å²) < 4.78 is 5.10. The minimum Gasteiger partial charge on any atom is -0.386 e. The summed E-state index contributed by atoms with van der Waals surface area (Å²) in [4.78, 5) is 11.8. The van der Waals surface area contributed by atoms with Gasteiger partial charge in [0.2, 0.25) is 5.91 Å². The Morgan fingerprint density at radius 2 is 2.22 bits per heavy atom. The normalized spacial score (nSPS) is 24.8. The van der Waals surface area contributed by atoms with Crippen LogP contribution in [-0.2, 0) is 9.53 Å². The first-order valence-electron chi connectivity index (χ1n) is 5.88. The molecule has 1 saturated heterocycles. The molecule has 2 rings (SSSR count). The van der Waals surface area contributed by atoms with Crippen LogP contribution in [0.3, 0.4) is 0 Å². The molecule has 5 heteroatoms. The maximum atomic E-state index is 11.8. The first kappa shape index (κ1) is 13.3.